The van der Waals surface area contributed by atoms with Crippen molar-refractivity contribution in [2.24, 2.45) is 5.92 Å². The lowest BCUT2D eigenvalue weighted by atomic mass is 10.0. The number of fused-ring (bicyclic) bond motifs is 2. The second-order valence-electron chi connectivity index (χ2n) is 4.48. The normalized spacial score (nSPS) is 27.2. The molecule has 0 radical (unpaired) electrons. The molecule has 1 aromatic rings. The quantitative estimate of drug-likeness (QED) is 0.713. The molecular weight excluding hydrogens is 242 g/mol. The van der Waals surface area contributed by atoms with E-state index in [0.29, 0.717) is 28.9 Å². The van der Waals surface area contributed by atoms with Crippen LogP contribution >= 0.6 is 11.6 Å². The highest BCUT2D eigenvalue weighted by molar-refractivity contribution is 6.31. The number of amides is 1. The fourth-order valence-corrected chi connectivity index (χ4v) is 2.29. The van der Waals surface area contributed by atoms with Gasteiger partial charge in [-0.3, -0.25) is 9.63 Å². The summed E-state index contributed by atoms with van der Waals surface area (Å²) in [5.41, 5.74) is 0.461. The van der Waals surface area contributed by atoms with Crippen LogP contribution in [0.25, 0.3) is 0 Å². The number of carbonyl (C=O) groups excluding carboxylic acids is 1. The zero-order valence-electron chi connectivity index (χ0n) is 9.35. The van der Waals surface area contributed by atoms with Crippen molar-refractivity contribution >= 4 is 17.5 Å². The Balaban J connectivity index is 1.99. The lowest BCUT2D eigenvalue weighted by Crippen LogP contribution is -2.51. The van der Waals surface area contributed by atoms with Crippen molar-refractivity contribution in [1.82, 2.24) is 5.06 Å². The molecule has 4 nitrogen and oxygen atoms in total. The monoisotopic (exact) mass is 253 g/mol. The highest BCUT2D eigenvalue weighted by atomic mass is 35.5. The van der Waals surface area contributed by atoms with Crippen molar-refractivity contribution in [2.75, 3.05) is 6.61 Å². The molecule has 3 rings (SSSR count). The van der Waals surface area contributed by atoms with Crippen molar-refractivity contribution in [3.63, 3.8) is 0 Å². The molecule has 1 fully saturated rings. The predicted molar refractivity (Wildman–Crippen MR) is 61.8 cm³/mol. The molecule has 17 heavy (non-hydrogen) atoms. The van der Waals surface area contributed by atoms with Gasteiger partial charge in [-0.25, -0.2) is 0 Å². The van der Waals surface area contributed by atoms with Gasteiger partial charge in [0.15, 0.2) is 6.23 Å². The Bertz CT molecular complexity index is 477. The zero-order chi connectivity index (χ0) is 12.0. The number of rotatable bonds is 0. The summed E-state index contributed by atoms with van der Waals surface area (Å²) < 4.78 is 5.75. The summed E-state index contributed by atoms with van der Waals surface area (Å²) in [7, 11) is 0. The fraction of sp³-hybridized carbons (Fsp3) is 0.417. The molecule has 0 aliphatic carbocycles. The second kappa shape index (κ2) is 3.89. The molecule has 0 aromatic heterocycles. The molecule has 2 atom stereocenters. The summed E-state index contributed by atoms with van der Waals surface area (Å²) in [5.74, 6) is 0.793. The highest BCUT2D eigenvalue weighted by Gasteiger charge is 2.39. The number of nitrogens with zero attached hydrogens (tertiary/aromatic N) is 1. The number of halogens is 1. The Labute approximate surface area is 104 Å². The summed E-state index contributed by atoms with van der Waals surface area (Å²) in [5, 5.41) is 1.84. The molecule has 2 aliphatic rings. The van der Waals surface area contributed by atoms with Gasteiger partial charge in [-0.05, 0) is 24.1 Å². The first kappa shape index (κ1) is 10.9. The number of hydrogen-bond donors (Lipinski definition) is 0. The lowest BCUT2D eigenvalue weighted by molar-refractivity contribution is -0.237. The third-order valence-corrected chi connectivity index (χ3v) is 3.23. The van der Waals surface area contributed by atoms with E-state index in [9.17, 15) is 4.79 Å². The molecule has 0 bridgehead atoms. The van der Waals surface area contributed by atoms with E-state index in [2.05, 4.69) is 6.92 Å². The molecule has 1 aromatic carbocycles. The van der Waals surface area contributed by atoms with Crippen LogP contribution in [0.2, 0.25) is 5.02 Å². The smallest absolute Gasteiger partial charge is 0.284 e. The largest absolute Gasteiger partial charge is 0.467 e. The van der Waals surface area contributed by atoms with Gasteiger partial charge in [-0.1, -0.05) is 18.5 Å². The van der Waals surface area contributed by atoms with E-state index >= 15 is 0 Å². The van der Waals surface area contributed by atoms with Crippen LogP contribution in [-0.2, 0) is 4.84 Å². The van der Waals surface area contributed by atoms with Crippen LogP contribution in [0, 0.1) is 5.92 Å². The van der Waals surface area contributed by atoms with Gasteiger partial charge in [0.05, 0.1) is 12.2 Å². The molecule has 0 saturated carbocycles. The Morgan fingerprint density at radius 3 is 3.12 bits per heavy atom. The maximum absolute atomic E-state index is 12.2. The van der Waals surface area contributed by atoms with E-state index in [1.54, 1.807) is 18.2 Å². The number of hydrogen-bond acceptors (Lipinski definition) is 3. The SMILES string of the molecule is CC1CON2C(=O)c3cc(Cl)ccc3OC2C1. The van der Waals surface area contributed by atoms with Crippen LogP contribution in [-0.4, -0.2) is 23.8 Å². The molecule has 90 valence electrons. The minimum atomic E-state index is -0.320. The van der Waals surface area contributed by atoms with E-state index < -0.39 is 0 Å². The molecule has 2 heterocycles. The zero-order valence-corrected chi connectivity index (χ0v) is 10.1. The van der Waals surface area contributed by atoms with Crippen LogP contribution in [0.15, 0.2) is 18.2 Å². The number of benzene rings is 1. The van der Waals surface area contributed by atoms with Gasteiger partial charge in [0.25, 0.3) is 5.91 Å². The van der Waals surface area contributed by atoms with Gasteiger partial charge in [-0.15, -0.1) is 0 Å². The Kier molecular flexibility index (Phi) is 2.49. The van der Waals surface area contributed by atoms with Gasteiger partial charge < -0.3 is 4.74 Å². The van der Waals surface area contributed by atoms with Crippen LogP contribution < -0.4 is 4.74 Å². The average Bonchev–Trinajstić information content (AvgIpc) is 2.30. The molecular formula is C12H12ClNO3. The standard InChI is InChI=1S/C12H12ClNO3/c1-7-4-11-14(16-6-7)12(15)9-5-8(13)2-3-10(9)17-11/h2-3,5,7,11H,4,6H2,1H3. The van der Waals surface area contributed by atoms with Crippen molar-refractivity contribution in [3.05, 3.63) is 28.8 Å². The third kappa shape index (κ3) is 1.77. The number of hydroxylamine groups is 2. The molecule has 2 unspecified atom stereocenters. The first-order valence-electron chi connectivity index (χ1n) is 5.58. The van der Waals surface area contributed by atoms with Crippen LogP contribution in [0.5, 0.6) is 5.75 Å². The summed E-state index contributed by atoms with van der Waals surface area (Å²) in [6.45, 7) is 2.62. The summed E-state index contributed by atoms with van der Waals surface area (Å²) in [6, 6.07) is 5.06. The van der Waals surface area contributed by atoms with Crippen LogP contribution in [0.4, 0.5) is 0 Å². The summed E-state index contributed by atoms with van der Waals surface area (Å²) >= 11 is 5.87. The minimum absolute atomic E-state index is 0.175. The maximum Gasteiger partial charge on any atom is 0.284 e. The van der Waals surface area contributed by atoms with Crippen LogP contribution in [0.3, 0.4) is 0 Å². The fourth-order valence-electron chi connectivity index (χ4n) is 2.12. The first-order chi connectivity index (χ1) is 8.15. The Morgan fingerprint density at radius 1 is 1.47 bits per heavy atom. The van der Waals surface area contributed by atoms with Gasteiger partial charge in [0.2, 0.25) is 0 Å². The van der Waals surface area contributed by atoms with Crippen LogP contribution in [0.1, 0.15) is 23.7 Å². The van der Waals surface area contributed by atoms with Gasteiger partial charge in [0, 0.05) is 11.4 Å². The average molecular weight is 254 g/mol. The first-order valence-corrected chi connectivity index (χ1v) is 5.95. The predicted octanol–water partition coefficient (Wildman–Crippen LogP) is 2.47. The van der Waals surface area contributed by atoms with Crippen molar-refractivity contribution in [3.8, 4) is 5.75 Å². The minimum Gasteiger partial charge on any atom is -0.467 e. The van der Waals surface area contributed by atoms with Gasteiger partial charge >= 0.3 is 0 Å². The van der Waals surface area contributed by atoms with E-state index in [1.165, 1.54) is 5.06 Å². The van der Waals surface area contributed by atoms with E-state index in [1.807, 2.05) is 0 Å². The number of ether oxygens (including phenoxy) is 1. The lowest BCUT2D eigenvalue weighted by Gasteiger charge is -2.40. The molecule has 1 amide bonds. The highest BCUT2D eigenvalue weighted by Crippen LogP contribution is 2.34. The molecule has 0 spiro atoms. The van der Waals surface area contributed by atoms with Crippen molar-refractivity contribution < 1.29 is 14.4 Å². The molecule has 0 N–H and O–H groups in total. The van der Waals surface area contributed by atoms with Crippen molar-refractivity contribution in [1.29, 1.82) is 0 Å². The van der Waals surface area contributed by atoms with E-state index in [4.69, 9.17) is 21.2 Å². The topological polar surface area (TPSA) is 38.8 Å². The van der Waals surface area contributed by atoms with Gasteiger partial charge in [0.1, 0.15) is 5.75 Å². The van der Waals surface area contributed by atoms with E-state index in [0.717, 1.165) is 6.42 Å². The molecule has 1 saturated heterocycles. The van der Waals surface area contributed by atoms with Crippen molar-refractivity contribution in [2.45, 2.75) is 19.6 Å². The van der Waals surface area contributed by atoms with E-state index in [-0.39, 0.29) is 12.1 Å². The second-order valence-corrected chi connectivity index (χ2v) is 4.92. The van der Waals surface area contributed by atoms with Gasteiger partial charge in [-0.2, -0.15) is 5.06 Å². The molecule has 2 aliphatic heterocycles. The summed E-state index contributed by atoms with van der Waals surface area (Å²) in [4.78, 5) is 17.6. The Morgan fingerprint density at radius 2 is 2.29 bits per heavy atom. The Hall–Kier alpha value is -1.26. The molecule has 5 heteroatoms. The number of carbonyl (C=O) groups is 1. The summed E-state index contributed by atoms with van der Waals surface area (Å²) in [6.07, 6.45) is 0.466. The maximum atomic E-state index is 12.2. The third-order valence-electron chi connectivity index (χ3n) is 3.00.